The van der Waals surface area contributed by atoms with E-state index in [-0.39, 0.29) is 23.5 Å². The number of aryl methyl sites for hydroxylation is 1. The zero-order valence-corrected chi connectivity index (χ0v) is 26.6. The normalized spacial score (nSPS) is 20.2. The summed E-state index contributed by atoms with van der Waals surface area (Å²) in [4.78, 5) is 29.6. The highest BCUT2D eigenvalue weighted by Crippen LogP contribution is 2.39. The van der Waals surface area contributed by atoms with E-state index in [2.05, 4.69) is 17.6 Å². The van der Waals surface area contributed by atoms with Crippen molar-refractivity contribution >= 4 is 17.5 Å². The van der Waals surface area contributed by atoms with Crippen molar-refractivity contribution in [3.8, 4) is 0 Å². The number of nitrogens with zero attached hydrogens (tertiary/aromatic N) is 1. The monoisotopic (exact) mass is 589 g/mol. The lowest BCUT2D eigenvalue weighted by Crippen LogP contribution is -2.48. The second-order valence-electron chi connectivity index (χ2n) is 12.4. The smallest absolute Gasteiger partial charge is 0.257 e. The molecule has 2 unspecified atom stereocenters. The van der Waals surface area contributed by atoms with Crippen LogP contribution >= 0.6 is 0 Å². The summed E-state index contributed by atoms with van der Waals surface area (Å²) in [6, 6.07) is 12.7. The Bertz CT molecular complexity index is 1320. The number of hydrogen-bond donors (Lipinski definition) is 2. The van der Waals surface area contributed by atoms with Gasteiger partial charge in [0.25, 0.3) is 5.91 Å². The van der Waals surface area contributed by atoms with Crippen LogP contribution in [0.1, 0.15) is 107 Å². The van der Waals surface area contributed by atoms with Crippen molar-refractivity contribution in [3.05, 3.63) is 88.1 Å². The molecule has 43 heavy (non-hydrogen) atoms. The maximum atomic E-state index is 15.0. The van der Waals surface area contributed by atoms with Crippen LogP contribution in [0, 0.1) is 18.7 Å². The molecule has 4 rings (SSSR count). The van der Waals surface area contributed by atoms with E-state index in [4.69, 9.17) is 4.74 Å². The average molecular weight is 590 g/mol. The SMILES string of the molecule is CC/C(C)=C(\C=C(/C)NC(=O)C1CCCN(C(=O)c2c(C)cccc2F)C1c1ccc(NC2CCCC2)cc1)OC(C)C. The summed E-state index contributed by atoms with van der Waals surface area (Å²) in [7, 11) is 0. The standard InChI is InChI=1S/C36H48FN3O3/c1-7-24(4)32(43-23(2)3)22-26(6)38-35(41)30-15-11-21-40(36(42)33-25(5)12-10-16-31(33)37)34(30)27-17-19-29(20-18-27)39-28-13-8-9-14-28/h10,12,16-20,22-23,28,30,34,39H,7-9,11,13-15,21H2,1-6H3,(H,38,41)/b26-22+,32-24+. The number of rotatable bonds is 10. The van der Waals surface area contributed by atoms with E-state index in [1.165, 1.54) is 31.7 Å². The van der Waals surface area contributed by atoms with E-state index in [1.54, 1.807) is 24.0 Å². The highest BCUT2D eigenvalue weighted by atomic mass is 19.1. The molecule has 2 N–H and O–H groups in total. The minimum absolute atomic E-state index is 0.00603. The zero-order chi connectivity index (χ0) is 31.1. The summed E-state index contributed by atoms with van der Waals surface area (Å²) in [5, 5.41) is 6.72. The third-order valence-corrected chi connectivity index (χ3v) is 8.62. The van der Waals surface area contributed by atoms with Crippen LogP contribution in [0.25, 0.3) is 0 Å². The van der Waals surface area contributed by atoms with Crippen LogP contribution in [0.4, 0.5) is 10.1 Å². The first-order valence-corrected chi connectivity index (χ1v) is 15.9. The molecule has 7 heteroatoms. The van der Waals surface area contributed by atoms with Gasteiger partial charge in [-0.3, -0.25) is 9.59 Å². The number of allylic oxidation sites excluding steroid dienone is 3. The number of anilines is 1. The van der Waals surface area contributed by atoms with Crippen molar-refractivity contribution in [3.63, 3.8) is 0 Å². The van der Waals surface area contributed by atoms with Gasteiger partial charge in [-0.1, -0.05) is 44.0 Å². The van der Waals surface area contributed by atoms with Gasteiger partial charge in [0.1, 0.15) is 11.6 Å². The Kier molecular flexibility index (Phi) is 11.1. The van der Waals surface area contributed by atoms with Gasteiger partial charge in [0.15, 0.2) is 0 Å². The first kappa shape index (κ1) is 32.3. The minimum atomic E-state index is -0.541. The molecule has 2 amide bonds. The molecule has 1 aliphatic carbocycles. The number of benzene rings is 2. The number of carbonyl (C=O) groups is 2. The largest absolute Gasteiger partial charge is 0.491 e. The molecule has 0 radical (unpaired) electrons. The van der Waals surface area contributed by atoms with Crippen molar-refractivity contribution in [2.24, 2.45) is 5.92 Å². The van der Waals surface area contributed by atoms with Crippen LogP contribution in [-0.4, -0.2) is 35.4 Å². The molecule has 2 aliphatic rings. The first-order valence-electron chi connectivity index (χ1n) is 15.9. The van der Waals surface area contributed by atoms with E-state index >= 15 is 4.39 Å². The Morgan fingerprint density at radius 2 is 1.74 bits per heavy atom. The van der Waals surface area contributed by atoms with Crippen molar-refractivity contribution < 1.29 is 18.7 Å². The molecule has 1 aliphatic heterocycles. The number of halogens is 1. The number of nitrogens with one attached hydrogen (secondary N) is 2. The quantitative estimate of drug-likeness (QED) is 0.216. The molecule has 232 valence electrons. The van der Waals surface area contributed by atoms with E-state index in [0.717, 1.165) is 29.0 Å². The van der Waals surface area contributed by atoms with Crippen LogP contribution < -0.4 is 10.6 Å². The van der Waals surface area contributed by atoms with Gasteiger partial charge in [-0.2, -0.15) is 0 Å². The molecule has 1 saturated heterocycles. The van der Waals surface area contributed by atoms with Gasteiger partial charge in [-0.25, -0.2) is 4.39 Å². The number of piperidine rings is 1. The number of ether oxygens (including phenoxy) is 1. The summed E-state index contributed by atoms with van der Waals surface area (Å²) >= 11 is 0. The van der Waals surface area contributed by atoms with E-state index in [9.17, 15) is 9.59 Å². The molecular weight excluding hydrogens is 541 g/mol. The van der Waals surface area contributed by atoms with Crippen LogP contribution in [0.2, 0.25) is 0 Å². The second kappa shape index (κ2) is 14.7. The molecule has 2 atom stereocenters. The molecule has 1 heterocycles. The summed E-state index contributed by atoms with van der Waals surface area (Å²) in [6.07, 6.45) is 8.81. The van der Waals surface area contributed by atoms with Crippen LogP contribution in [-0.2, 0) is 9.53 Å². The van der Waals surface area contributed by atoms with Gasteiger partial charge >= 0.3 is 0 Å². The summed E-state index contributed by atoms with van der Waals surface area (Å²) in [6.45, 7) is 12.1. The Hall–Kier alpha value is -3.61. The van der Waals surface area contributed by atoms with Gasteiger partial charge in [0.2, 0.25) is 5.91 Å². The van der Waals surface area contributed by atoms with Crippen LogP contribution in [0.3, 0.4) is 0 Å². The molecule has 1 saturated carbocycles. The highest BCUT2D eigenvalue weighted by Gasteiger charge is 2.40. The highest BCUT2D eigenvalue weighted by molar-refractivity contribution is 5.97. The predicted octanol–water partition coefficient (Wildman–Crippen LogP) is 8.21. The maximum Gasteiger partial charge on any atom is 0.257 e. The van der Waals surface area contributed by atoms with Gasteiger partial charge in [0, 0.05) is 24.0 Å². The third kappa shape index (κ3) is 8.07. The lowest BCUT2D eigenvalue weighted by atomic mass is 9.83. The molecular formula is C36H48FN3O3. The molecule has 2 aromatic carbocycles. The van der Waals surface area contributed by atoms with Gasteiger partial charge in [-0.05, 0) is 108 Å². The summed E-state index contributed by atoms with van der Waals surface area (Å²) in [5.74, 6) is -0.832. The van der Waals surface area contributed by atoms with Crippen molar-refractivity contribution in [2.75, 3.05) is 11.9 Å². The zero-order valence-electron chi connectivity index (χ0n) is 26.6. The van der Waals surface area contributed by atoms with Crippen molar-refractivity contribution in [1.29, 1.82) is 0 Å². The topological polar surface area (TPSA) is 70.7 Å². The minimum Gasteiger partial charge on any atom is -0.491 e. The average Bonchev–Trinajstić information content (AvgIpc) is 3.49. The maximum absolute atomic E-state index is 15.0. The Morgan fingerprint density at radius 3 is 2.37 bits per heavy atom. The van der Waals surface area contributed by atoms with E-state index < -0.39 is 17.8 Å². The molecule has 2 fully saturated rings. The lowest BCUT2D eigenvalue weighted by molar-refractivity contribution is -0.127. The van der Waals surface area contributed by atoms with E-state index in [1.807, 2.05) is 58.0 Å². The molecule has 2 aromatic rings. The van der Waals surface area contributed by atoms with Gasteiger partial charge in [0.05, 0.1) is 23.6 Å². The third-order valence-electron chi connectivity index (χ3n) is 8.62. The Morgan fingerprint density at radius 1 is 1.05 bits per heavy atom. The molecule has 0 bridgehead atoms. The fraction of sp³-hybridized carbons (Fsp3) is 0.500. The van der Waals surface area contributed by atoms with Gasteiger partial charge in [-0.15, -0.1) is 0 Å². The van der Waals surface area contributed by atoms with Gasteiger partial charge < -0.3 is 20.3 Å². The predicted molar refractivity (Wildman–Crippen MR) is 171 cm³/mol. The molecule has 6 nitrogen and oxygen atoms in total. The molecule has 0 aromatic heterocycles. The van der Waals surface area contributed by atoms with E-state index in [0.29, 0.717) is 36.7 Å². The lowest BCUT2D eigenvalue weighted by Gasteiger charge is -2.41. The molecule has 0 spiro atoms. The summed E-state index contributed by atoms with van der Waals surface area (Å²) < 4.78 is 21.0. The van der Waals surface area contributed by atoms with Crippen molar-refractivity contribution in [1.82, 2.24) is 10.2 Å². The second-order valence-corrected chi connectivity index (χ2v) is 12.4. The number of carbonyl (C=O) groups excluding carboxylic acids is 2. The fourth-order valence-electron chi connectivity index (χ4n) is 6.24. The number of likely N-dealkylation sites (tertiary alicyclic amines) is 1. The number of amides is 2. The number of hydrogen-bond acceptors (Lipinski definition) is 4. The van der Waals surface area contributed by atoms with Crippen LogP contribution in [0.5, 0.6) is 0 Å². The first-order chi connectivity index (χ1) is 20.6. The summed E-state index contributed by atoms with van der Waals surface area (Å²) in [5.41, 5.74) is 4.33. The van der Waals surface area contributed by atoms with Crippen molar-refractivity contribution in [2.45, 2.75) is 105 Å². The Labute approximate surface area is 256 Å². The van der Waals surface area contributed by atoms with Crippen LogP contribution in [0.15, 0.2) is 65.6 Å². The fourth-order valence-corrected chi connectivity index (χ4v) is 6.24. The Balaban J connectivity index is 1.66.